The van der Waals surface area contributed by atoms with E-state index >= 15 is 0 Å². The summed E-state index contributed by atoms with van der Waals surface area (Å²) in [5.41, 5.74) is 0. The maximum atomic E-state index is 12.8. The van der Waals surface area contributed by atoms with Gasteiger partial charge in [0.25, 0.3) is 0 Å². The van der Waals surface area contributed by atoms with Crippen LogP contribution in [0.4, 0.5) is 0 Å². The number of allylic oxidation sites excluding steroid dienone is 8. The number of carbonyl (C=O) groups is 1. The molecule has 57 heavy (non-hydrogen) atoms. The van der Waals surface area contributed by atoms with Gasteiger partial charge in [-0.25, -0.2) is 4.18 Å². The Morgan fingerprint density at radius 2 is 1.21 bits per heavy atom. The minimum absolute atomic E-state index is 0.0336. The van der Waals surface area contributed by atoms with Crippen LogP contribution < -0.4 is 0 Å². The van der Waals surface area contributed by atoms with Gasteiger partial charge >= 0.3 is 16.4 Å². The Morgan fingerprint density at radius 1 is 0.684 bits per heavy atom. The largest absolute Gasteiger partial charge is 0.457 e. The van der Waals surface area contributed by atoms with Gasteiger partial charge in [-0.1, -0.05) is 152 Å². The second-order valence-corrected chi connectivity index (χ2v) is 16.0. The van der Waals surface area contributed by atoms with Crippen LogP contribution in [0.2, 0.25) is 0 Å². The molecular formula is C44H78O12S. The molecule has 0 amide bonds. The fraction of sp³-hybridized carbons (Fsp3) is 0.795. The summed E-state index contributed by atoms with van der Waals surface area (Å²) in [6.07, 6.45) is 33.1. The lowest BCUT2D eigenvalue weighted by molar-refractivity contribution is -0.301. The molecule has 1 aliphatic rings. The molecule has 1 saturated heterocycles. The molecule has 0 aromatic heterocycles. The highest BCUT2D eigenvalue weighted by Crippen LogP contribution is 2.26. The molecule has 6 unspecified atom stereocenters. The molecule has 332 valence electrons. The molecule has 0 spiro atoms. The minimum atomic E-state index is -5.06. The maximum absolute atomic E-state index is 12.8. The number of ether oxygens (including phenoxy) is 4. The Hall–Kier alpha value is -1.94. The number of aliphatic hydroxyl groups excluding tert-OH is 3. The summed E-state index contributed by atoms with van der Waals surface area (Å²) in [7, 11) is -5.06. The molecule has 0 radical (unpaired) electrons. The number of carbonyl (C=O) groups excluding carboxylic acids is 1. The minimum Gasteiger partial charge on any atom is -0.457 e. The van der Waals surface area contributed by atoms with E-state index in [9.17, 15) is 28.5 Å². The number of hydrogen-bond acceptors (Lipinski definition) is 11. The Kier molecular flexibility index (Phi) is 33.5. The lowest BCUT2D eigenvalue weighted by Gasteiger charge is -2.41. The summed E-state index contributed by atoms with van der Waals surface area (Å²) in [6, 6.07) is 0. The van der Waals surface area contributed by atoms with Gasteiger partial charge in [0.2, 0.25) is 0 Å². The van der Waals surface area contributed by atoms with Gasteiger partial charge in [-0.15, -0.1) is 0 Å². The molecule has 1 fully saturated rings. The Labute approximate surface area is 345 Å². The highest BCUT2D eigenvalue weighted by Gasteiger charge is 2.48. The zero-order chi connectivity index (χ0) is 41.8. The molecule has 0 saturated carbocycles. The van der Waals surface area contributed by atoms with Gasteiger partial charge in [0.15, 0.2) is 6.29 Å². The summed E-state index contributed by atoms with van der Waals surface area (Å²) in [5, 5.41) is 30.5. The van der Waals surface area contributed by atoms with E-state index in [2.05, 4.69) is 66.6 Å². The predicted octanol–water partition coefficient (Wildman–Crippen LogP) is 8.80. The van der Waals surface area contributed by atoms with E-state index in [1.54, 1.807) is 0 Å². The van der Waals surface area contributed by atoms with Crippen molar-refractivity contribution in [3.63, 3.8) is 0 Å². The van der Waals surface area contributed by atoms with Crippen LogP contribution in [0.25, 0.3) is 0 Å². The van der Waals surface area contributed by atoms with Crippen LogP contribution in [0.5, 0.6) is 0 Å². The summed E-state index contributed by atoms with van der Waals surface area (Å²) in [4.78, 5) is 12.8. The van der Waals surface area contributed by atoms with E-state index in [0.29, 0.717) is 13.0 Å². The van der Waals surface area contributed by atoms with Crippen LogP contribution in [0.15, 0.2) is 48.6 Å². The third kappa shape index (κ3) is 29.8. The quantitative estimate of drug-likeness (QED) is 0.0203. The smallest absolute Gasteiger partial charge is 0.397 e. The van der Waals surface area contributed by atoms with Crippen LogP contribution in [0.1, 0.15) is 162 Å². The van der Waals surface area contributed by atoms with E-state index in [1.807, 2.05) is 0 Å². The van der Waals surface area contributed by atoms with E-state index in [1.165, 1.54) is 64.2 Å². The average molecular weight is 831 g/mol. The third-order valence-electron chi connectivity index (χ3n) is 9.72. The standard InChI is InChI=1S/C44H78O12S/c1-3-5-7-9-11-12-13-14-15-16-17-18-19-20-21-22-23-24-25-26-27-29-31-33-40(46)54-38(36-52-34-32-30-28-10-8-6-4-2)37-53-44-42(48)43(56-57(49,50)51)41(47)39(35-45)55-44/h5,7,11-12,14-15,17-18,38-39,41-45,47-48H,3-4,6,8-10,13,16,19-37H2,1-2H3,(H,49,50,51)/b7-5-,12-11-,15-14-,18-17-. The fourth-order valence-corrected chi connectivity index (χ4v) is 6.94. The highest BCUT2D eigenvalue weighted by atomic mass is 32.3. The summed E-state index contributed by atoms with van der Waals surface area (Å²) >= 11 is 0. The van der Waals surface area contributed by atoms with Crippen molar-refractivity contribution in [2.24, 2.45) is 0 Å². The molecule has 4 N–H and O–H groups in total. The van der Waals surface area contributed by atoms with Crippen molar-refractivity contribution in [2.45, 2.75) is 198 Å². The lowest BCUT2D eigenvalue weighted by Crippen LogP contribution is -2.60. The van der Waals surface area contributed by atoms with E-state index in [0.717, 1.165) is 70.6 Å². The van der Waals surface area contributed by atoms with Crippen LogP contribution in [-0.4, -0.2) is 97.5 Å². The first kappa shape index (κ1) is 53.1. The molecule has 0 aromatic carbocycles. The molecule has 0 bridgehead atoms. The predicted molar refractivity (Wildman–Crippen MR) is 225 cm³/mol. The van der Waals surface area contributed by atoms with Gasteiger partial charge in [-0.2, -0.15) is 8.42 Å². The first-order chi connectivity index (χ1) is 27.6. The van der Waals surface area contributed by atoms with Crippen LogP contribution >= 0.6 is 0 Å². The number of hydrogen-bond donors (Lipinski definition) is 4. The molecule has 12 nitrogen and oxygen atoms in total. The molecule has 1 heterocycles. The molecule has 0 aromatic rings. The van der Waals surface area contributed by atoms with Gasteiger partial charge in [-0.3, -0.25) is 9.35 Å². The first-order valence-corrected chi connectivity index (χ1v) is 23.3. The number of esters is 1. The zero-order valence-corrected chi connectivity index (χ0v) is 36.0. The maximum Gasteiger partial charge on any atom is 0.397 e. The SMILES string of the molecule is CC/C=C\C/C=C\C/C=C\C/C=C\CCCCCCCCCCCCC(=O)OC(COCCCCCCCCC)COC1OC(CO)C(O)C(OS(=O)(=O)O)C1O. The lowest BCUT2D eigenvalue weighted by atomic mass is 9.99. The Morgan fingerprint density at radius 3 is 1.77 bits per heavy atom. The second-order valence-electron chi connectivity index (χ2n) is 14.9. The molecule has 0 aliphatic carbocycles. The van der Waals surface area contributed by atoms with Gasteiger partial charge < -0.3 is 34.3 Å². The zero-order valence-electron chi connectivity index (χ0n) is 35.1. The molecular weight excluding hydrogens is 753 g/mol. The van der Waals surface area contributed by atoms with Crippen LogP contribution in [0.3, 0.4) is 0 Å². The van der Waals surface area contributed by atoms with E-state index in [-0.39, 0.29) is 19.6 Å². The normalized spacial score (nSPS) is 21.1. The van der Waals surface area contributed by atoms with Gasteiger partial charge in [0.05, 0.1) is 19.8 Å². The molecule has 1 rings (SSSR count). The first-order valence-electron chi connectivity index (χ1n) is 21.9. The van der Waals surface area contributed by atoms with E-state index in [4.69, 9.17) is 23.5 Å². The van der Waals surface area contributed by atoms with Crippen molar-refractivity contribution in [3.05, 3.63) is 48.6 Å². The summed E-state index contributed by atoms with van der Waals surface area (Å²) in [6.45, 7) is 3.82. The molecule has 13 heteroatoms. The summed E-state index contributed by atoms with van der Waals surface area (Å²) in [5.74, 6) is -0.408. The van der Waals surface area contributed by atoms with Gasteiger partial charge in [-0.05, 0) is 51.4 Å². The number of aliphatic hydroxyl groups is 3. The third-order valence-corrected chi connectivity index (χ3v) is 10.2. The number of rotatable bonds is 37. The summed E-state index contributed by atoms with van der Waals surface area (Å²) < 4.78 is 58.8. The van der Waals surface area contributed by atoms with Crippen molar-refractivity contribution in [3.8, 4) is 0 Å². The van der Waals surface area contributed by atoms with Gasteiger partial charge in [0.1, 0.15) is 30.5 Å². The Bertz CT molecular complexity index is 1190. The fourth-order valence-electron chi connectivity index (χ4n) is 6.43. The second kappa shape index (κ2) is 36.0. The highest BCUT2D eigenvalue weighted by molar-refractivity contribution is 7.80. The van der Waals surface area contributed by atoms with Crippen LogP contribution in [-0.2, 0) is 38.3 Å². The monoisotopic (exact) mass is 831 g/mol. The number of unbranched alkanes of at least 4 members (excludes halogenated alkanes) is 16. The van der Waals surface area contributed by atoms with Crippen molar-refractivity contribution in [2.75, 3.05) is 26.4 Å². The molecule has 6 atom stereocenters. The van der Waals surface area contributed by atoms with Crippen molar-refractivity contribution < 1.29 is 56.2 Å². The molecule has 1 aliphatic heterocycles. The van der Waals surface area contributed by atoms with Crippen LogP contribution in [0, 0.1) is 0 Å². The van der Waals surface area contributed by atoms with Crippen molar-refractivity contribution >= 4 is 16.4 Å². The van der Waals surface area contributed by atoms with Crippen molar-refractivity contribution in [1.29, 1.82) is 0 Å². The van der Waals surface area contributed by atoms with Crippen molar-refractivity contribution in [1.82, 2.24) is 0 Å². The average Bonchev–Trinajstić information content (AvgIpc) is 3.18. The van der Waals surface area contributed by atoms with E-state index < -0.39 is 59.8 Å². The Balaban J connectivity index is 2.32. The van der Waals surface area contributed by atoms with Gasteiger partial charge in [0, 0.05) is 13.0 Å². The topological polar surface area (TPSA) is 178 Å².